The number of halogens is 2. The van der Waals surface area contributed by atoms with Crippen molar-refractivity contribution in [1.29, 1.82) is 0 Å². The van der Waals surface area contributed by atoms with Crippen molar-refractivity contribution in [3.05, 3.63) is 23.8 Å². The summed E-state index contributed by atoms with van der Waals surface area (Å²) in [6, 6.07) is 4.80. The molecule has 2 rings (SSSR count). The van der Waals surface area contributed by atoms with Crippen LogP contribution in [0.1, 0.15) is 17.9 Å². The lowest BCUT2D eigenvalue weighted by atomic mass is 9.93. The van der Waals surface area contributed by atoms with E-state index in [-0.39, 0.29) is 11.5 Å². The van der Waals surface area contributed by atoms with Crippen LogP contribution >= 0.6 is 30.1 Å². The Balaban J connectivity index is 2.55. The molecule has 0 amide bonds. The molecule has 0 saturated carbocycles. The molecular formula is C10H10Cl2O4S. The Hall–Kier alpha value is -0.620. The number of rotatable bonds is 2. The highest BCUT2D eigenvalue weighted by Gasteiger charge is 2.32. The van der Waals surface area contributed by atoms with Gasteiger partial charge in [-0.25, -0.2) is 0 Å². The number of aliphatic carboxylic acids is 1. The Morgan fingerprint density at radius 1 is 1.47 bits per heavy atom. The van der Waals surface area contributed by atoms with E-state index in [0.29, 0.717) is 17.7 Å². The predicted molar refractivity (Wildman–Crippen MR) is 67.1 cm³/mol. The third kappa shape index (κ3) is 2.47. The van der Waals surface area contributed by atoms with Gasteiger partial charge >= 0.3 is 5.97 Å². The van der Waals surface area contributed by atoms with Crippen LogP contribution in [0.2, 0.25) is 0 Å². The molecule has 1 unspecified atom stereocenters. The molecule has 0 aromatic heterocycles. The second-order valence-corrected chi connectivity index (χ2v) is 8.12. The minimum absolute atomic E-state index is 0.254. The van der Waals surface area contributed by atoms with Crippen LogP contribution in [0.5, 0.6) is 5.75 Å². The smallest absolute Gasteiger partial charge is 0.311 e. The zero-order valence-electron chi connectivity index (χ0n) is 8.60. The minimum Gasteiger partial charge on any atom is -0.492 e. The Bertz CT molecular complexity index is 458. The number of fused-ring (bicyclic) bond motifs is 1. The third-order valence-corrected chi connectivity index (χ3v) is 4.45. The van der Waals surface area contributed by atoms with Gasteiger partial charge in [-0.3, -0.25) is 4.79 Å². The van der Waals surface area contributed by atoms with Crippen molar-refractivity contribution in [3.8, 4) is 5.75 Å². The summed E-state index contributed by atoms with van der Waals surface area (Å²) in [5, 5.41) is 9.10. The standard InChI is InChI=1S/C10H10Cl2O4S/c11-17(12,15)8-3-1-2-6-7(10(13)14)4-5-16-9(6)8/h1-3,7,15H,4-5H2,(H,13,14). The molecule has 1 aliphatic rings. The molecule has 94 valence electrons. The first-order valence-corrected chi connectivity index (χ1v) is 8.09. The molecule has 17 heavy (non-hydrogen) atoms. The highest BCUT2D eigenvalue weighted by atomic mass is 36.0. The van der Waals surface area contributed by atoms with Crippen molar-refractivity contribution >= 4 is 36.1 Å². The molecule has 1 aromatic carbocycles. The van der Waals surface area contributed by atoms with E-state index in [1.807, 2.05) is 0 Å². The van der Waals surface area contributed by atoms with E-state index in [1.165, 1.54) is 0 Å². The van der Waals surface area contributed by atoms with Crippen LogP contribution in [0.25, 0.3) is 0 Å². The normalized spacial score (nSPS) is 20.3. The summed E-state index contributed by atoms with van der Waals surface area (Å²) >= 11 is 0. The van der Waals surface area contributed by atoms with Crippen LogP contribution in [0, 0.1) is 0 Å². The Labute approximate surface area is 109 Å². The molecule has 1 aliphatic heterocycles. The number of benzene rings is 1. The molecule has 0 aliphatic carbocycles. The number of hydrogen-bond acceptors (Lipinski definition) is 3. The van der Waals surface area contributed by atoms with Crippen molar-refractivity contribution in [2.45, 2.75) is 17.2 Å². The lowest BCUT2D eigenvalue weighted by Crippen LogP contribution is -2.21. The van der Waals surface area contributed by atoms with Gasteiger partial charge in [0.25, 0.3) is 0 Å². The predicted octanol–water partition coefficient (Wildman–Crippen LogP) is 3.58. The number of para-hydroxylation sites is 1. The summed E-state index contributed by atoms with van der Waals surface area (Å²) in [4.78, 5) is 11.4. The van der Waals surface area contributed by atoms with Gasteiger partial charge in [-0.15, -0.1) is 0 Å². The topological polar surface area (TPSA) is 66.8 Å². The number of carbonyl (C=O) groups is 1. The highest BCUT2D eigenvalue weighted by molar-refractivity contribution is 8.62. The second-order valence-electron chi connectivity index (χ2n) is 3.64. The van der Waals surface area contributed by atoms with E-state index >= 15 is 0 Å². The van der Waals surface area contributed by atoms with E-state index in [2.05, 4.69) is 0 Å². The largest absolute Gasteiger partial charge is 0.492 e. The van der Waals surface area contributed by atoms with Crippen molar-refractivity contribution < 1.29 is 19.2 Å². The molecule has 1 aromatic rings. The minimum atomic E-state index is -2.97. The fourth-order valence-electron chi connectivity index (χ4n) is 1.85. The summed E-state index contributed by atoms with van der Waals surface area (Å²) < 4.78 is 15.0. The maximum atomic E-state index is 11.1. The quantitative estimate of drug-likeness (QED) is 0.875. The van der Waals surface area contributed by atoms with Gasteiger partial charge in [-0.05, 0) is 33.9 Å². The first-order valence-electron chi connectivity index (χ1n) is 4.85. The first-order chi connectivity index (χ1) is 7.91. The fraction of sp³-hybridized carbons (Fsp3) is 0.300. The van der Waals surface area contributed by atoms with Gasteiger partial charge in [0.05, 0.1) is 26.2 Å². The molecule has 1 heterocycles. The molecule has 4 nitrogen and oxygen atoms in total. The Kier molecular flexibility index (Phi) is 3.45. The molecule has 0 bridgehead atoms. The molecule has 0 spiro atoms. The molecule has 7 heteroatoms. The Morgan fingerprint density at radius 2 is 2.18 bits per heavy atom. The monoisotopic (exact) mass is 296 g/mol. The average Bonchev–Trinajstić information content (AvgIpc) is 2.26. The summed E-state index contributed by atoms with van der Waals surface area (Å²) in [5.74, 6) is -1.27. The van der Waals surface area contributed by atoms with E-state index in [1.54, 1.807) is 18.2 Å². The third-order valence-electron chi connectivity index (χ3n) is 2.60. The molecule has 0 fully saturated rings. The average molecular weight is 297 g/mol. The van der Waals surface area contributed by atoms with Gasteiger partial charge in [0.15, 0.2) is 0 Å². The SMILES string of the molecule is O=C(O)C1CCOc2c1cccc2S(O)(Cl)Cl. The van der Waals surface area contributed by atoms with Crippen molar-refractivity contribution in [2.24, 2.45) is 0 Å². The number of carboxylic acids is 1. The lowest BCUT2D eigenvalue weighted by Gasteiger charge is -2.28. The number of hydrogen-bond donors (Lipinski definition) is 2. The van der Waals surface area contributed by atoms with Crippen LogP contribution in [0.3, 0.4) is 0 Å². The zero-order valence-corrected chi connectivity index (χ0v) is 10.9. The zero-order chi connectivity index (χ0) is 12.6. The summed E-state index contributed by atoms with van der Waals surface area (Å²) in [6.07, 6.45) is 0.393. The van der Waals surface area contributed by atoms with Crippen LogP contribution in [-0.4, -0.2) is 22.2 Å². The van der Waals surface area contributed by atoms with Gasteiger partial charge in [0.1, 0.15) is 5.75 Å². The maximum Gasteiger partial charge on any atom is 0.311 e. The summed E-state index contributed by atoms with van der Waals surface area (Å²) in [7, 11) is 8.43. The number of carboxylic acid groups (broad SMARTS) is 1. The van der Waals surface area contributed by atoms with Gasteiger partial charge in [0.2, 0.25) is 0 Å². The van der Waals surface area contributed by atoms with E-state index < -0.39 is 20.6 Å². The summed E-state index contributed by atoms with van der Waals surface area (Å²) in [6.45, 7) is 0.268. The molecule has 0 radical (unpaired) electrons. The van der Waals surface area contributed by atoms with Crippen LogP contribution in [0.15, 0.2) is 23.1 Å². The fourth-order valence-corrected chi connectivity index (χ4v) is 3.22. The Morgan fingerprint density at radius 3 is 2.76 bits per heavy atom. The van der Waals surface area contributed by atoms with Crippen LogP contribution < -0.4 is 4.74 Å². The van der Waals surface area contributed by atoms with Crippen molar-refractivity contribution in [2.75, 3.05) is 6.61 Å². The van der Waals surface area contributed by atoms with Crippen molar-refractivity contribution in [3.63, 3.8) is 0 Å². The molecule has 0 saturated heterocycles. The van der Waals surface area contributed by atoms with Gasteiger partial charge in [0, 0.05) is 5.56 Å². The lowest BCUT2D eigenvalue weighted by molar-refractivity contribution is -0.139. The van der Waals surface area contributed by atoms with Gasteiger partial charge < -0.3 is 14.4 Å². The first kappa shape index (κ1) is 12.8. The molecule has 2 N–H and O–H groups in total. The summed E-state index contributed by atoms with van der Waals surface area (Å²) in [5.41, 5.74) is 0.508. The second kappa shape index (κ2) is 4.57. The highest BCUT2D eigenvalue weighted by Crippen LogP contribution is 2.65. The number of ether oxygens (including phenoxy) is 1. The maximum absolute atomic E-state index is 11.1. The molecule has 1 atom stereocenters. The van der Waals surface area contributed by atoms with Crippen LogP contribution in [-0.2, 0) is 4.79 Å². The van der Waals surface area contributed by atoms with Gasteiger partial charge in [-0.1, -0.05) is 12.1 Å². The van der Waals surface area contributed by atoms with Crippen LogP contribution in [0.4, 0.5) is 0 Å². The van der Waals surface area contributed by atoms with E-state index in [9.17, 15) is 9.35 Å². The molecular weight excluding hydrogens is 287 g/mol. The van der Waals surface area contributed by atoms with Gasteiger partial charge in [-0.2, -0.15) is 0 Å². The van der Waals surface area contributed by atoms with E-state index in [0.717, 1.165) is 0 Å². The van der Waals surface area contributed by atoms with E-state index in [4.69, 9.17) is 31.2 Å². The van der Waals surface area contributed by atoms with Crippen molar-refractivity contribution in [1.82, 2.24) is 0 Å².